The number of esters is 1. The Morgan fingerprint density at radius 2 is 2.00 bits per heavy atom. The van der Waals surface area contributed by atoms with Crippen molar-refractivity contribution in [2.75, 3.05) is 6.61 Å². The summed E-state index contributed by atoms with van der Waals surface area (Å²) in [6.07, 6.45) is 9.00. The number of rotatable bonds is 9. The summed E-state index contributed by atoms with van der Waals surface area (Å²) in [5.74, 6) is -0.0672. The molecule has 1 N–H and O–H groups in total. The molecule has 0 unspecified atom stereocenters. The minimum absolute atomic E-state index is 0. The monoisotopic (exact) mass is 285 g/mol. The van der Waals surface area contributed by atoms with E-state index in [4.69, 9.17) is 4.74 Å². The lowest BCUT2D eigenvalue weighted by atomic mass is 10.1. The topological polar surface area (TPSA) is 40.4 Å². The van der Waals surface area contributed by atoms with Crippen LogP contribution in [-0.2, 0) is 16.0 Å². The lowest BCUT2D eigenvalue weighted by molar-refractivity contribution is -0.390. The number of carbonyl (C=O) groups excluding carboxylic acids is 1. The largest absolute Gasteiger partial charge is 1.00 e. The lowest BCUT2D eigenvalue weighted by Crippen LogP contribution is -3.00. The number of unbranched alkanes of at least 4 members (excludes halogenated alkanes) is 4. The van der Waals surface area contributed by atoms with Crippen molar-refractivity contribution >= 4 is 5.97 Å². The van der Waals surface area contributed by atoms with Crippen LogP contribution >= 0.6 is 0 Å². The van der Waals surface area contributed by atoms with Crippen LogP contribution in [0.15, 0.2) is 24.4 Å². The van der Waals surface area contributed by atoms with Crippen molar-refractivity contribution in [2.45, 2.75) is 51.9 Å². The second kappa shape index (κ2) is 12.0. The van der Waals surface area contributed by atoms with Gasteiger partial charge < -0.3 is 17.1 Å². The van der Waals surface area contributed by atoms with Gasteiger partial charge in [0.2, 0.25) is 0 Å². The molecule has 0 bridgehead atoms. The fourth-order valence-corrected chi connectivity index (χ4v) is 1.81. The number of ether oxygens (including phenoxy) is 1. The molecule has 0 atom stereocenters. The Hall–Kier alpha value is -1.09. The Bertz CT molecular complexity index is 330. The maximum atomic E-state index is 11.4. The normalized spacial score (nSPS) is 9.74. The number of halogens is 1. The van der Waals surface area contributed by atoms with Crippen LogP contribution in [0.2, 0.25) is 0 Å². The molecule has 0 saturated carbocycles. The van der Waals surface area contributed by atoms with Gasteiger partial charge in [-0.15, -0.1) is 0 Å². The average molecular weight is 286 g/mol. The van der Waals surface area contributed by atoms with E-state index in [0.29, 0.717) is 13.0 Å². The summed E-state index contributed by atoms with van der Waals surface area (Å²) in [5.41, 5.74) is 1.09. The number of hydrogen-bond acceptors (Lipinski definition) is 2. The summed E-state index contributed by atoms with van der Waals surface area (Å²) in [5, 5.41) is 0. The van der Waals surface area contributed by atoms with Gasteiger partial charge in [0.1, 0.15) is 6.61 Å². The zero-order chi connectivity index (χ0) is 13.1. The summed E-state index contributed by atoms with van der Waals surface area (Å²) in [6, 6.07) is 5.91. The first-order valence-corrected chi connectivity index (χ1v) is 6.94. The predicted molar refractivity (Wildman–Crippen MR) is 71.0 cm³/mol. The van der Waals surface area contributed by atoms with Crippen LogP contribution in [0, 0.1) is 0 Å². The first-order chi connectivity index (χ1) is 8.83. The molecule has 0 spiro atoms. The molecule has 0 fully saturated rings. The number of pyridine rings is 1. The molecule has 1 rings (SSSR count). The molecule has 4 heteroatoms. The van der Waals surface area contributed by atoms with E-state index < -0.39 is 0 Å². The van der Waals surface area contributed by atoms with Crippen molar-refractivity contribution in [1.29, 1.82) is 0 Å². The van der Waals surface area contributed by atoms with E-state index in [1.165, 1.54) is 19.3 Å². The van der Waals surface area contributed by atoms with Crippen LogP contribution < -0.4 is 17.4 Å². The Kier molecular flexibility index (Phi) is 11.3. The van der Waals surface area contributed by atoms with Gasteiger partial charge in [0, 0.05) is 18.6 Å². The molecule has 0 aliphatic rings. The van der Waals surface area contributed by atoms with Gasteiger partial charge in [-0.05, 0) is 6.42 Å². The quantitative estimate of drug-likeness (QED) is 0.472. The van der Waals surface area contributed by atoms with Crippen molar-refractivity contribution in [3.05, 3.63) is 30.1 Å². The minimum Gasteiger partial charge on any atom is -1.00 e. The van der Waals surface area contributed by atoms with E-state index in [2.05, 4.69) is 11.9 Å². The Labute approximate surface area is 122 Å². The molecular formula is C15H24ClNO2. The zero-order valence-electron chi connectivity index (χ0n) is 11.7. The molecule has 19 heavy (non-hydrogen) atoms. The van der Waals surface area contributed by atoms with Crippen LogP contribution in [-0.4, -0.2) is 12.6 Å². The molecular weight excluding hydrogens is 262 g/mol. The molecule has 1 heterocycles. The summed E-state index contributed by atoms with van der Waals surface area (Å²) in [7, 11) is 0. The highest BCUT2D eigenvalue weighted by Gasteiger charge is 2.04. The maximum Gasteiger partial charge on any atom is 0.305 e. The van der Waals surface area contributed by atoms with Crippen molar-refractivity contribution in [3.8, 4) is 0 Å². The third-order valence-corrected chi connectivity index (χ3v) is 2.89. The molecule has 3 nitrogen and oxygen atoms in total. The molecule has 1 aromatic heterocycles. The average Bonchev–Trinajstić information content (AvgIpc) is 2.40. The summed E-state index contributed by atoms with van der Waals surface area (Å²) >= 11 is 0. The maximum absolute atomic E-state index is 11.4. The van der Waals surface area contributed by atoms with E-state index in [9.17, 15) is 4.79 Å². The van der Waals surface area contributed by atoms with Crippen molar-refractivity contribution in [1.82, 2.24) is 0 Å². The van der Waals surface area contributed by atoms with Crippen LogP contribution in [0.3, 0.4) is 0 Å². The highest BCUT2D eigenvalue weighted by molar-refractivity contribution is 5.69. The van der Waals surface area contributed by atoms with Gasteiger partial charge in [-0.25, -0.2) is 4.98 Å². The minimum atomic E-state index is -0.0672. The number of hydrogen-bond donors (Lipinski definition) is 0. The van der Waals surface area contributed by atoms with E-state index in [1.807, 2.05) is 24.4 Å². The third-order valence-electron chi connectivity index (χ3n) is 2.89. The van der Waals surface area contributed by atoms with Crippen molar-refractivity contribution in [3.63, 3.8) is 0 Å². The number of H-pyrrole nitrogens is 1. The highest BCUT2D eigenvalue weighted by Crippen LogP contribution is 2.05. The molecule has 0 aliphatic carbocycles. The zero-order valence-corrected chi connectivity index (χ0v) is 12.4. The Morgan fingerprint density at radius 1 is 1.21 bits per heavy atom. The van der Waals surface area contributed by atoms with Gasteiger partial charge in [-0.3, -0.25) is 4.79 Å². The fourth-order valence-electron chi connectivity index (χ4n) is 1.81. The van der Waals surface area contributed by atoms with Crippen molar-refractivity contribution in [2.24, 2.45) is 0 Å². The molecule has 1 aromatic rings. The van der Waals surface area contributed by atoms with E-state index in [-0.39, 0.29) is 18.4 Å². The van der Waals surface area contributed by atoms with E-state index >= 15 is 0 Å². The fraction of sp³-hybridized carbons (Fsp3) is 0.600. The molecule has 0 aromatic carbocycles. The predicted octanol–water partition coefficient (Wildman–Crippen LogP) is -0.0491. The molecule has 0 radical (unpaired) electrons. The first-order valence-electron chi connectivity index (χ1n) is 6.94. The smallest absolute Gasteiger partial charge is 0.305 e. The van der Waals surface area contributed by atoms with Gasteiger partial charge in [0.05, 0.1) is 6.42 Å². The van der Waals surface area contributed by atoms with Gasteiger partial charge in [0.25, 0.3) is 0 Å². The van der Waals surface area contributed by atoms with Crippen LogP contribution in [0.25, 0.3) is 0 Å². The van der Waals surface area contributed by atoms with Crippen LogP contribution in [0.4, 0.5) is 0 Å². The highest BCUT2D eigenvalue weighted by atomic mass is 35.5. The Balaban J connectivity index is 0.00000324. The van der Waals surface area contributed by atoms with E-state index in [1.54, 1.807) is 0 Å². The summed E-state index contributed by atoms with van der Waals surface area (Å²) in [4.78, 5) is 14.6. The molecule has 0 aliphatic heterocycles. The molecule has 0 amide bonds. The third kappa shape index (κ3) is 9.48. The number of aromatic amines is 1. The Morgan fingerprint density at radius 3 is 2.68 bits per heavy atom. The SMILES string of the molecule is CCCCCCCC(=O)OCCc1cccc[nH+]1.[Cl-]. The van der Waals surface area contributed by atoms with Gasteiger partial charge in [-0.2, -0.15) is 0 Å². The van der Waals surface area contributed by atoms with Gasteiger partial charge in [0.15, 0.2) is 11.9 Å². The van der Waals surface area contributed by atoms with E-state index in [0.717, 1.165) is 25.0 Å². The first kappa shape index (κ1) is 17.9. The lowest BCUT2D eigenvalue weighted by Gasteiger charge is -2.03. The van der Waals surface area contributed by atoms with Crippen LogP contribution in [0.5, 0.6) is 0 Å². The number of aromatic nitrogens is 1. The second-order valence-corrected chi connectivity index (χ2v) is 4.52. The van der Waals surface area contributed by atoms with Crippen LogP contribution in [0.1, 0.15) is 51.1 Å². The molecule has 0 saturated heterocycles. The van der Waals surface area contributed by atoms with Crippen molar-refractivity contribution < 1.29 is 26.9 Å². The summed E-state index contributed by atoms with van der Waals surface area (Å²) < 4.78 is 5.19. The van der Waals surface area contributed by atoms with Gasteiger partial charge >= 0.3 is 5.97 Å². The number of nitrogens with one attached hydrogen (secondary N) is 1. The van der Waals surface area contributed by atoms with Gasteiger partial charge in [-0.1, -0.05) is 38.7 Å². The summed E-state index contributed by atoms with van der Waals surface area (Å²) in [6.45, 7) is 2.66. The number of carbonyl (C=O) groups is 1. The second-order valence-electron chi connectivity index (χ2n) is 4.52. The molecule has 108 valence electrons. The standard InChI is InChI=1S/C15H23NO2.ClH/c1-2-3-4-5-6-10-15(17)18-13-11-14-9-7-8-12-16-14;/h7-9,12H,2-6,10-11,13H2,1H3;1H.